The van der Waals surface area contributed by atoms with Crippen LogP contribution in [0.3, 0.4) is 0 Å². The monoisotopic (exact) mass is 503 g/mol. The number of halogens is 2. The second-order valence-electron chi connectivity index (χ2n) is 9.37. The van der Waals surface area contributed by atoms with Gasteiger partial charge in [-0.2, -0.15) is 0 Å². The number of hydrogen-bond donors (Lipinski definition) is 3. The molecule has 0 aliphatic heterocycles. The van der Waals surface area contributed by atoms with Gasteiger partial charge in [-0.25, -0.2) is 14.4 Å². The lowest BCUT2D eigenvalue weighted by molar-refractivity contribution is 0.0710. The molecular weight excluding hydrogens is 473 g/mol. The molecule has 35 heavy (non-hydrogen) atoms. The van der Waals surface area contributed by atoms with Crippen molar-refractivity contribution in [2.24, 2.45) is 0 Å². The predicted molar refractivity (Wildman–Crippen MR) is 133 cm³/mol. The van der Waals surface area contributed by atoms with E-state index in [0.29, 0.717) is 41.3 Å². The number of carbonyl (C=O) groups excluding carboxylic acids is 1. The van der Waals surface area contributed by atoms with Crippen molar-refractivity contribution in [2.75, 3.05) is 5.73 Å². The van der Waals surface area contributed by atoms with E-state index in [9.17, 15) is 9.90 Å². The first-order chi connectivity index (χ1) is 16.6. The van der Waals surface area contributed by atoms with Gasteiger partial charge >= 0.3 is 0 Å². The van der Waals surface area contributed by atoms with Crippen LogP contribution in [-0.2, 0) is 0 Å². The van der Waals surface area contributed by atoms with Crippen LogP contribution in [0.2, 0.25) is 5.02 Å². The molecule has 1 aliphatic carbocycles. The number of aromatic nitrogens is 3. The first-order valence-electron chi connectivity index (χ1n) is 11.9. The average molecular weight is 504 g/mol. The molecule has 2 heterocycles. The van der Waals surface area contributed by atoms with E-state index in [1.54, 1.807) is 26.2 Å². The zero-order chi connectivity index (χ0) is 25.4. The van der Waals surface area contributed by atoms with Crippen LogP contribution in [0, 0.1) is 12.7 Å². The van der Waals surface area contributed by atoms with Crippen molar-refractivity contribution in [1.82, 2.24) is 19.7 Å². The van der Waals surface area contributed by atoms with Crippen LogP contribution >= 0.6 is 11.6 Å². The van der Waals surface area contributed by atoms with Crippen LogP contribution in [0.25, 0.3) is 5.52 Å². The maximum atomic E-state index is 15.4. The second-order valence-corrected chi connectivity index (χ2v) is 9.78. The molecule has 0 saturated heterocycles. The number of fused-ring (bicyclic) bond motifs is 1. The summed E-state index contributed by atoms with van der Waals surface area (Å²) in [5.41, 5.74) is 7.69. The van der Waals surface area contributed by atoms with E-state index in [1.807, 2.05) is 18.2 Å². The van der Waals surface area contributed by atoms with E-state index in [1.165, 1.54) is 6.07 Å². The van der Waals surface area contributed by atoms with Gasteiger partial charge in [-0.05, 0) is 39.7 Å². The van der Waals surface area contributed by atoms with Gasteiger partial charge in [0.15, 0.2) is 5.82 Å². The smallest absolute Gasteiger partial charge is 0.258 e. The summed E-state index contributed by atoms with van der Waals surface area (Å²) in [4.78, 5) is 22.2. The standard InChI is InChI=1S/C25H31ClFN5O3/c1-12(2)35-22-15(13(3)24-30-14(4)21-23(28)29-9-10-32(21)24)11-16(26)20(27)19(22)25(34)31-17-7-5-6-8-18(17)33/h9-13,17-18,33H,5-8H2,1-4H3,(H2,28,29)(H,31,34)/t13-,17+,18+/m0/s1. The van der Waals surface area contributed by atoms with E-state index in [4.69, 9.17) is 27.1 Å². The number of nitrogen functional groups attached to an aromatic ring is 1. The Hall–Kier alpha value is -2.91. The van der Waals surface area contributed by atoms with Gasteiger partial charge in [-0.15, -0.1) is 0 Å². The summed E-state index contributed by atoms with van der Waals surface area (Å²) >= 11 is 6.31. The molecule has 10 heteroatoms. The van der Waals surface area contributed by atoms with Crippen molar-refractivity contribution < 1.29 is 19.0 Å². The van der Waals surface area contributed by atoms with Gasteiger partial charge in [0.05, 0.1) is 29.0 Å². The Kier molecular flexibility index (Phi) is 7.19. The lowest BCUT2D eigenvalue weighted by atomic mass is 9.91. The molecule has 1 aromatic carbocycles. The SMILES string of the molecule is Cc1nc([C@@H](C)c2cc(Cl)c(F)c(C(=O)N[C@@H]3CCCC[C@H]3O)c2OC(C)C)n2ccnc(N)c12. The van der Waals surface area contributed by atoms with E-state index in [-0.39, 0.29) is 22.4 Å². The minimum absolute atomic E-state index is 0.105. The van der Waals surface area contributed by atoms with Gasteiger partial charge in [0, 0.05) is 23.9 Å². The van der Waals surface area contributed by atoms with Crippen LogP contribution in [0.15, 0.2) is 18.5 Å². The van der Waals surface area contributed by atoms with Gasteiger partial charge in [-0.1, -0.05) is 31.4 Å². The van der Waals surface area contributed by atoms with E-state index in [2.05, 4.69) is 10.3 Å². The number of nitrogens with zero attached hydrogens (tertiary/aromatic N) is 3. The Labute approximate surface area is 208 Å². The fourth-order valence-corrected chi connectivity index (χ4v) is 4.96. The molecule has 3 aromatic rings. The van der Waals surface area contributed by atoms with Crippen LogP contribution in [0.5, 0.6) is 5.75 Å². The number of aryl methyl sites for hydroxylation is 1. The lowest BCUT2D eigenvalue weighted by Gasteiger charge is -2.29. The maximum absolute atomic E-state index is 15.4. The summed E-state index contributed by atoms with van der Waals surface area (Å²) in [6, 6.07) is 1.02. The summed E-state index contributed by atoms with van der Waals surface area (Å²) in [5, 5.41) is 12.9. The molecular formula is C25H31ClFN5O3. The highest BCUT2D eigenvalue weighted by atomic mass is 35.5. The number of aliphatic hydroxyl groups is 1. The van der Waals surface area contributed by atoms with Crippen molar-refractivity contribution in [2.45, 2.75) is 77.5 Å². The highest BCUT2D eigenvalue weighted by Gasteiger charge is 2.32. The van der Waals surface area contributed by atoms with Crippen LogP contribution in [-0.4, -0.2) is 43.6 Å². The molecule has 1 amide bonds. The molecule has 188 valence electrons. The minimum atomic E-state index is -0.862. The molecule has 0 unspecified atom stereocenters. The molecule has 0 spiro atoms. The molecule has 3 atom stereocenters. The zero-order valence-electron chi connectivity index (χ0n) is 20.3. The second kappa shape index (κ2) is 9.99. The quantitative estimate of drug-likeness (QED) is 0.459. The van der Waals surface area contributed by atoms with Gasteiger partial charge < -0.3 is 20.9 Å². The van der Waals surface area contributed by atoms with Crippen molar-refractivity contribution in [3.63, 3.8) is 0 Å². The number of imidazole rings is 1. The number of aliphatic hydroxyl groups excluding tert-OH is 1. The third kappa shape index (κ3) is 4.79. The van der Waals surface area contributed by atoms with E-state index in [0.717, 1.165) is 12.8 Å². The normalized spacial score (nSPS) is 19.2. The fraction of sp³-hybridized carbons (Fsp3) is 0.480. The number of anilines is 1. The third-order valence-electron chi connectivity index (χ3n) is 6.47. The van der Waals surface area contributed by atoms with E-state index < -0.39 is 29.8 Å². The number of ether oxygens (including phenoxy) is 1. The number of nitrogens with two attached hydrogens (primary N) is 1. The van der Waals surface area contributed by atoms with Gasteiger partial charge in [0.25, 0.3) is 5.91 Å². The maximum Gasteiger partial charge on any atom is 0.258 e. The first-order valence-corrected chi connectivity index (χ1v) is 12.2. The number of benzene rings is 1. The lowest BCUT2D eigenvalue weighted by Crippen LogP contribution is -2.45. The van der Waals surface area contributed by atoms with Gasteiger partial charge in [0.1, 0.15) is 28.5 Å². The summed E-state index contributed by atoms with van der Waals surface area (Å²) in [6.07, 6.45) is 5.29. The van der Waals surface area contributed by atoms with Crippen LogP contribution in [0.1, 0.15) is 79.8 Å². The molecule has 4 N–H and O–H groups in total. The number of amides is 1. The first kappa shape index (κ1) is 25.2. The summed E-state index contributed by atoms with van der Waals surface area (Å²) in [7, 11) is 0. The molecule has 0 radical (unpaired) electrons. The Bertz CT molecular complexity index is 1260. The largest absolute Gasteiger partial charge is 0.490 e. The van der Waals surface area contributed by atoms with Crippen molar-refractivity contribution in [3.8, 4) is 5.75 Å². The highest BCUT2D eigenvalue weighted by molar-refractivity contribution is 6.31. The molecule has 2 aromatic heterocycles. The Morgan fingerprint density at radius 3 is 2.74 bits per heavy atom. The Morgan fingerprint density at radius 2 is 2.06 bits per heavy atom. The minimum Gasteiger partial charge on any atom is -0.490 e. The van der Waals surface area contributed by atoms with E-state index >= 15 is 4.39 Å². The van der Waals surface area contributed by atoms with Gasteiger partial charge in [0.2, 0.25) is 0 Å². The fourth-order valence-electron chi connectivity index (χ4n) is 4.75. The number of hydrogen-bond acceptors (Lipinski definition) is 6. The summed E-state index contributed by atoms with van der Waals surface area (Å²) in [5.74, 6) is -0.892. The number of rotatable bonds is 6. The van der Waals surface area contributed by atoms with Crippen LogP contribution < -0.4 is 15.8 Å². The molecule has 1 saturated carbocycles. The molecule has 8 nitrogen and oxygen atoms in total. The van der Waals surface area contributed by atoms with Crippen molar-refractivity contribution in [1.29, 1.82) is 0 Å². The summed E-state index contributed by atoms with van der Waals surface area (Å²) in [6.45, 7) is 7.32. The Balaban J connectivity index is 1.84. The topological polar surface area (TPSA) is 115 Å². The molecule has 1 aliphatic rings. The zero-order valence-corrected chi connectivity index (χ0v) is 21.1. The highest BCUT2D eigenvalue weighted by Crippen LogP contribution is 2.40. The molecule has 0 bridgehead atoms. The number of carbonyl (C=O) groups is 1. The molecule has 1 fully saturated rings. The predicted octanol–water partition coefficient (Wildman–Crippen LogP) is 4.38. The summed E-state index contributed by atoms with van der Waals surface area (Å²) < 4.78 is 23.3. The van der Waals surface area contributed by atoms with Crippen molar-refractivity contribution in [3.05, 3.63) is 51.9 Å². The number of nitrogens with one attached hydrogen (secondary N) is 1. The third-order valence-corrected chi connectivity index (χ3v) is 6.74. The Morgan fingerprint density at radius 1 is 1.34 bits per heavy atom. The van der Waals surface area contributed by atoms with Crippen LogP contribution in [0.4, 0.5) is 10.2 Å². The van der Waals surface area contributed by atoms with Gasteiger partial charge in [-0.3, -0.25) is 9.20 Å². The molecule has 4 rings (SSSR count). The van der Waals surface area contributed by atoms with Crippen molar-refractivity contribution >= 4 is 28.8 Å². The average Bonchev–Trinajstić information content (AvgIpc) is 3.14.